The number of nitrogens with one attached hydrogen (secondary N) is 1. The average molecular weight is 462 g/mol. The maximum Gasteiger partial charge on any atom is 0.352 e. The number of amides is 1. The van der Waals surface area contributed by atoms with Gasteiger partial charge in [0.25, 0.3) is 11.5 Å². The molecule has 2 aromatic heterocycles. The van der Waals surface area contributed by atoms with E-state index >= 15 is 0 Å². The summed E-state index contributed by atoms with van der Waals surface area (Å²) in [5.41, 5.74) is 1.16. The van der Waals surface area contributed by atoms with Crippen molar-refractivity contribution in [3.63, 3.8) is 0 Å². The van der Waals surface area contributed by atoms with E-state index in [1.165, 1.54) is 9.08 Å². The molecule has 34 heavy (non-hydrogen) atoms. The van der Waals surface area contributed by atoms with E-state index in [4.69, 9.17) is 0 Å². The minimum atomic E-state index is -0.345. The van der Waals surface area contributed by atoms with Crippen molar-refractivity contribution in [3.05, 3.63) is 80.5 Å². The van der Waals surface area contributed by atoms with Crippen LogP contribution < -0.4 is 16.6 Å². The summed E-state index contributed by atoms with van der Waals surface area (Å²) in [5, 5.41) is 7.84. The van der Waals surface area contributed by atoms with Gasteiger partial charge in [0.05, 0.1) is 17.4 Å². The second kappa shape index (κ2) is 9.67. The van der Waals surface area contributed by atoms with E-state index < -0.39 is 0 Å². The zero-order valence-electron chi connectivity index (χ0n) is 20.1. The molecular weight excluding hydrogens is 430 g/mol. The Bertz CT molecular complexity index is 1440. The number of aryl methyl sites for hydroxylation is 1. The van der Waals surface area contributed by atoms with Crippen molar-refractivity contribution in [3.8, 4) is 0 Å². The molecule has 0 fully saturated rings. The monoisotopic (exact) mass is 461 g/mol. The van der Waals surface area contributed by atoms with Crippen LogP contribution in [0.4, 0.5) is 0 Å². The molecule has 0 bridgehead atoms. The van der Waals surface area contributed by atoms with Gasteiger partial charge in [0.2, 0.25) is 5.78 Å². The molecule has 178 valence electrons. The summed E-state index contributed by atoms with van der Waals surface area (Å²) >= 11 is 0. The van der Waals surface area contributed by atoms with Crippen LogP contribution in [0.1, 0.15) is 50.0 Å². The second-order valence-electron chi connectivity index (χ2n) is 9.54. The quantitative estimate of drug-likeness (QED) is 0.436. The molecule has 4 aromatic rings. The van der Waals surface area contributed by atoms with Crippen molar-refractivity contribution in [2.45, 2.75) is 47.2 Å². The van der Waals surface area contributed by atoms with Gasteiger partial charge in [-0.15, -0.1) is 5.10 Å². The number of nitrogens with zero attached hydrogens (tertiary/aromatic N) is 4. The van der Waals surface area contributed by atoms with Crippen LogP contribution in [0.25, 0.3) is 16.7 Å². The SMILES string of the molecule is CC(C)CCn1c(=O)c2ccc(C(=O)NCC(C)C)cc2n2c(=O)n(Cc3ccccc3)nc12. The number of aromatic nitrogens is 4. The molecule has 0 saturated carbocycles. The predicted octanol–water partition coefficient (Wildman–Crippen LogP) is 3.29. The Labute approximate surface area is 197 Å². The van der Waals surface area contributed by atoms with Crippen molar-refractivity contribution in [2.75, 3.05) is 6.54 Å². The van der Waals surface area contributed by atoms with Crippen molar-refractivity contribution in [1.82, 2.24) is 24.1 Å². The Hall–Kier alpha value is -3.68. The molecule has 8 nitrogen and oxygen atoms in total. The fourth-order valence-electron chi connectivity index (χ4n) is 3.90. The molecule has 8 heteroatoms. The molecule has 0 spiro atoms. The van der Waals surface area contributed by atoms with Crippen molar-refractivity contribution in [1.29, 1.82) is 0 Å². The van der Waals surface area contributed by atoms with Gasteiger partial charge in [0, 0.05) is 18.7 Å². The highest BCUT2D eigenvalue weighted by Gasteiger charge is 2.19. The third-order valence-corrected chi connectivity index (χ3v) is 5.82. The molecule has 1 amide bonds. The fraction of sp³-hybridized carbons (Fsp3) is 0.385. The number of fused-ring (bicyclic) bond motifs is 3. The van der Waals surface area contributed by atoms with Gasteiger partial charge in [-0.1, -0.05) is 58.0 Å². The van der Waals surface area contributed by atoms with E-state index in [2.05, 4.69) is 24.3 Å². The molecule has 2 heterocycles. The highest BCUT2D eigenvalue weighted by molar-refractivity contribution is 5.98. The summed E-state index contributed by atoms with van der Waals surface area (Å²) < 4.78 is 4.41. The summed E-state index contributed by atoms with van der Waals surface area (Å²) in [6, 6.07) is 14.5. The van der Waals surface area contributed by atoms with E-state index in [-0.39, 0.29) is 23.7 Å². The maximum absolute atomic E-state index is 13.5. The minimum absolute atomic E-state index is 0.214. The number of carbonyl (C=O) groups is 1. The van der Waals surface area contributed by atoms with Gasteiger partial charge in [-0.05, 0) is 42.0 Å². The predicted molar refractivity (Wildman–Crippen MR) is 133 cm³/mol. The summed E-state index contributed by atoms with van der Waals surface area (Å²) in [6.45, 7) is 9.49. The Morgan fingerprint density at radius 2 is 1.74 bits per heavy atom. The first-order valence-electron chi connectivity index (χ1n) is 11.7. The third kappa shape index (κ3) is 4.66. The van der Waals surface area contributed by atoms with E-state index in [0.717, 1.165) is 12.0 Å². The Kier molecular flexibility index (Phi) is 6.68. The largest absolute Gasteiger partial charge is 0.352 e. The van der Waals surface area contributed by atoms with Crippen LogP contribution in [0.2, 0.25) is 0 Å². The molecular formula is C26H31N5O3. The van der Waals surface area contributed by atoms with Crippen LogP contribution in [0.5, 0.6) is 0 Å². The summed E-state index contributed by atoms with van der Waals surface area (Å²) in [5.74, 6) is 0.743. The van der Waals surface area contributed by atoms with Crippen molar-refractivity contribution >= 4 is 22.6 Å². The fourth-order valence-corrected chi connectivity index (χ4v) is 3.90. The number of carbonyl (C=O) groups excluding carboxylic acids is 1. The maximum atomic E-state index is 13.5. The smallest absolute Gasteiger partial charge is 0.352 e. The van der Waals surface area contributed by atoms with Gasteiger partial charge in [-0.3, -0.25) is 14.2 Å². The first kappa shape index (κ1) is 23.5. The van der Waals surface area contributed by atoms with E-state index in [1.54, 1.807) is 22.8 Å². The van der Waals surface area contributed by atoms with Crippen molar-refractivity contribution in [2.24, 2.45) is 11.8 Å². The highest BCUT2D eigenvalue weighted by Crippen LogP contribution is 2.16. The Balaban J connectivity index is 1.92. The summed E-state index contributed by atoms with van der Waals surface area (Å²) in [4.78, 5) is 39.6. The first-order chi connectivity index (χ1) is 16.3. The number of hydrogen-bond donors (Lipinski definition) is 1. The van der Waals surface area contributed by atoms with Crippen LogP contribution >= 0.6 is 0 Å². The average Bonchev–Trinajstić information content (AvgIpc) is 3.13. The molecule has 1 N–H and O–H groups in total. The highest BCUT2D eigenvalue weighted by atomic mass is 16.2. The molecule has 0 saturated heterocycles. The normalized spacial score (nSPS) is 11.7. The molecule has 0 atom stereocenters. The van der Waals surface area contributed by atoms with Gasteiger partial charge < -0.3 is 5.32 Å². The lowest BCUT2D eigenvalue weighted by Gasteiger charge is -2.12. The second-order valence-corrected chi connectivity index (χ2v) is 9.54. The molecule has 0 aliphatic heterocycles. The zero-order valence-corrected chi connectivity index (χ0v) is 20.1. The van der Waals surface area contributed by atoms with Crippen LogP contribution in [-0.2, 0) is 13.1 Å². The molecule has 4 rings (SSSR count). The lowest BCUT2D eigenvalue weighted by Crippen LogP contribution is -2.29. The minimum Gasteiger partial charge on any atom is -0.352 e. The molecule has 0 unspecified atom stereocenters. The molecule has 0 radical (unpaired) electrons. The Morgan fingerprint density at radius 1 is 1.00 bits per heavy atom. The zero-order chi connectivity index (χ0) is 24.4. The summed E-state index contributed by atoms with van der Waals surface area (Å²) in [6.07, 6.45) is 0.774. The van der Waals surface area contributed by atoms with E-state index in [9.17, 15) is 14.4 Å². The summed E-state index contributed by atoms with van der Waals surface area (Å²) in [7, 11) is 0. The van der Waals surface area contributed by atoms with Gasteiger partial charge in [0.1, 0.15) is 0 Å². The molecule has 0 aliphatic carbocycles. The standard InChI is InChI=1S/C26H31N5O3/c1-17(2)12-13-29-24(33)21-11-10-20(23(32)27-15-18(3)4)14-22(21)31-25(29)28-30(26(31)34)16-19-8-6-5-7-9-19/h5-11,14,17-18H,12-13,15-16H2,1-4H3,(H,27,32). The van der Waals surface area contributed by atoms with Gasteiger partial charge >= 0.3 is 5.69 Å². The number of rotatable bonds is 8. The lowest BCUT2D eigenvalue weighted by atomic mass is 10.1. The lowest BCUT2D eigenvalue weighted by molar-refractivity contribution is 0.0949. The topological polar surface area (TPSA) is 90.4 Å². The number of hydrogen-bond acceptors (Lipinski definition) is 4. The van der Waals surface area contributed by atoms with E-state index in [0.29, 0.717) is 47.2 Å². The third-order valence-electron chi connectivity index (χ3n) is 5.82. The van der Waals surface area contributed by atoms with Crippen LogP contribution in [-0.4, -0.2) is 31.2 Å². The van der Waals surface area contributed by atoms with Crippen LogP contribution in [0.3, 0.4) is 0 Å². The van der Waals surface area contributed by atoms with Gasteiger partial charge in [-0.25, -0.2) is 13.9 Å². The van der Waals surface area contributed by atoms with Crippen LogP contribution in [0.15, 0.2) is 58.1 Å². The van der Waals surface area contributed by atoms with Gasteiger partial charge in [0.15, 0.2) is 0 Å². The molecule has 2 aromatic carbocycles. The van der Waals surface area contributed by atoms with Crippen molar-refractivity contribution < 1.29 is 4.79 Å². The Morgan fingerprint density at radius 3 is 2.41 bits per heavy atom. The van der Waals surface area contributed by atoms with Gasteiger partial charge in [-0.2, -0.15) is 0 Å². The molecule has 0 aliphatic rings. The number of benzene rings is 2. The van der Waals surface area contributed by atoms with Crippen LogP contribution in [0, 0.1) is 11.8 Å². The first-order valence-corrected chi connectivity index (χ1v) is 11.7. The van der Waals surface area contributed by atoms with E-state index in [1.807, 2.05) is 44.2 Å².